The van der Waals surface area contributed by atoms with Crippen molar-refractivity contribution in [3.63, 3.8) is 0 Å². The monoisotopic (exact) mass is 377 g/mol. The molecule has 8 nitrogen and oxygen atoms in total. The lowest BCUT2D eigenvalue weighted by atomic mass is 10.3. The fraction of sp³-hybridized carbons (Fsp3) is 0.214. The number of halogens is 1. The number of nitro groups is 1. The van der Waals surface area contributed by atoms with Gasteiger partial charge in [0.1, 0.15) is 17.0 Å². The minimum absolute atomic E-state index is 0.00792. The predicted molar refractivity (Wildman–Crippen MR) is 86.6 cm³/mol. The Kier molecular flexibility index (Phi) is 3.72. The molecule has 0 amide bonds. The van der Waals surface area contributed by atoms with E-state index in [1.165, 1.54) is 15.1 Å². The summed E-state index contributed by atoms with van der Waals surface area (Å²) in [5.41, 5.74) is 1.55. The molecule has 0 unspecified atom stereocenters. The van der Waals surface area contributed by atoms with Gasteiger partial charge in [-0.25, -0.2) is 4.98 Å². The Morgan fingerprint density at radius 3 is 2.74 bits per heavy atom. The second kappa shape index (κ2) is 5.58. The van der Waals surface area contributed by atoms with E-state index in [-0.39, 0.29) is 17.8 Å². The largest absolute Gasteiger partial charge is 0.312 e. The molecular weight excluding hydrogens is 366 g/mol. The standard InChI is InChI=1S/C14H12BrN5O3/c1-8-14(20(22)23)9(2)19(17-8)7-11-5-13(21)18-6-10(15)3-4-12(18)16-11/h3-6H,7H2,1-2H3. The molecular formula is C14H12BrN5O3. The van der Waals surface area contributed by atoms with E-state index >= 15 is 0 Å². The van der Waals surface area contributed by atoms with Crippen molar-refractivity contribution in [2.75, 3.05) is 0 Å². The van der Waals surface area contributed by atoms with Crippen LogP contribution in [0.15, 0.2) is 33.7 Å². The number of fused-ring (bicyclic) bond motifs is 1. The van der Waals surface area contributed by atoms with Crippen LogP contribution in [0.25, 0.3) is 5.65 Å². The van der Waals surface area contributed by atoms with Crippen LogP contribution in [0.5, 0.6) is 0 Å². The van der Waals surface area contributed by atoms with Crippen LogP contribution in [-0.4, -0.2) is 24.1 Å². The SMILES string of the molecule is Cc1nn(Cc2cc(=O)n3cc(Br)ccc3n2)c(C)c1[N+](=O)[O-]. The summed E-state index contributed by atoms with van der Waals surface area (Å²) in [6.45, 7) is 3.41. The van der Waals surface area contributed by atoms with Crippen molar-refractivity contribution in [3.05, 3.63) is 66.4 Å². The summed E-state index contributed by atoms with van der Waals surface area (Å²) in [6, 6.07) is 4.92. The lowest BCUT2D eigenvalue weighted by Crippen LogP contribution is -2.17. The molecule has 0 spiro atoms. The van der Waals surface area contributed by atoms with Gasteiger partial charge in [0.15, 0.2) is 0 Å². The fourth-order valence-electron chi connectivity index (χ4n) is 2.47. The summed E-state index contributed by atoms with van der Waals surface area (Å²) >= 11 is 3.31. The van der Waals surface area contributed by atoms with Gasteiger partial charge in [-0.15, -0.1) is 0 Å². The molecule has 0 N–H and O–H groups in total. The molecule has 118 valence electrons. The average molecular weight is 378 g/mol. The van der Waals surface area contributed by atoms with Gasteiger partial charge in [-0.2, -0.15) is 5.10 Å². The first-order valence-corrected chi connectivity index (χ1v) is 7.52. The first-order valence-electron chi connectivity index (χ1n) is 6.73. The van der Waals surface area contributed by atoms with Gasteiger partial charge < -0.3 is 0 Å². The van der Waals surface area contributed by atoms with E-state index in [2.05, 4.69) is 26.0 Å². The van der Waals surface area contributed by atoms with E-state index in [9.17, 15) is 14.9 Å². The summed E-state index contributed by atoms with van der Waals surface area (Å²) in [5, 5.41) is 15.2. The topological polar surface area (TPSA) is 95.3 Å². The lowest BCUT2D eigenvalue weighted by Gasteiger charge is -2.06. The van der Waals surface area contributed by atoms with Crippen molar-refractivity contribution < 1.29 is 4.92 Å². The molecule has 9 heteroatoms. The number of hydrogen-bond acceptors (Lipinski definition) is 5. The van der Waals surface area contributed by atoms with Gasteiger partial charge in [-0.1, -0.05) is 0 Å². The molecule has 0 atom stereocenters. The highest BCUT2D eigenvalue weighted by Crippen LogP contribution is 2.22. The Bertz CT molecular complexity index is 992. The van der Waals surface area contributed by atoms with Crippen molar-refractivity contribution >= 4 is 27.3 Å². The highest BCUT2D eigenvalue weighted by molar-refractivity contribution is 9.10. The third-order valence-corrected chi connectivity index (χ3v) is 3.98. The van der Waals surface area contributed by atoms with Gasteiger partial charge >= 0.3 is 5.69 Å². The van der Waals surface area contributed by atoms with Crippen LogP contribution in [0, 0.1) is 24.0 Å². The maximum Gasteiger partial charge on any atom is 0.312 e. The maximum atomic E-state index is 12.2. The van der Waals surface area contributed by atoms with Gasteiger partial charge in [0.05, 0.1) is 17.2 Å². The first-order chi connectivity index (χ1) is 10.9. The van der Waals surface area contributed by atoms with E-state index in [0.717, 1.165) is 4.47 Å². The quantitative estimate of drug-likeness (QED) is 0.515. The number of pyridine rings is 1. The zero-order valence-electron chi connectivity index (χ0n) is 12.4. The second-order valence-electron chi connectivity index (χ2n) is 5.10. The highest BCUT2D eigenvalue weighted by atomic mass is 79.9. The van der Waals surface area contributed by atoms with Gasteiger partial charge in [0, 0.05) is 16.7 Å². The molecule has 3 heterocycles. The Balaban J connectivity index is 2.06. The molecule has 0 aliphatic heterocycles. The van der Waals surface area contributed by atoms with Crippen LogP contribution in [0.2, 0.25) is 0 Å². The van der Waals surface area contributed by atoms with Crippen molar-refractivity contribution in [1.29, 1.82) is 0 Å². The number of aryl methyl sites for hydroxylation is 1. The summed E-state index contributed by atoms with van der Waals surface area (Å²) in [7, 11) is 0. The number of aromatic nitrogens is 4. The number of nitrogens with zero attached hydrogens (tertiary/aromatic N) is 5. The normalized spacial score (nSPS) is 11.1. The van der Waals surface area contributed by atoms with Gasteiger partial charge in [0.25, 0.3) is 5.56 Å². The number of rotatable bonds is 3. The molecule has 0 saturated carbocycles. The van der Waals surface area contributed by atoms with Crippen molar-refractivity contribution in [2.24, 2.45) is 0 Å². The molecule has 0 bridgehead atoms. The van der Waals surface area contributed by atoms with Crippen LogP contribution in [0.4, 0.5) is 5.69 Å². The van der Waals surface area contributed by atoms with E-state index in [0.29, 0.717) is 22.7 Å². The Morgan fingerprint density at radius 2 is 2.09 bits per heavy atom. The molecule has 3 aromatic heterocycles. The van der Waals surface area contributed by atoms with Crippen LogP contribution in [0.1, 0.15) is 17.1 Å². The summed E-state index contributed by atoms with van der Waals surface area (Å²) in [5.74, 6) is 0. The summed E-state index contributed by atoms with van der Waals surface area (Å²) in [4.78, 5) is 27.2. The highest BCUT2D eigenvalue weighted by Gasteiger charge is 2.22. The molecule has 0 fully saturated rings. The molecule has 0 aliphatic rings. The Morgan fingerprint density at radius 1 is 1.35 bits per heavy atom. The average Bonchev–Trinajstić information content (AvgIpc) is 2.74. The van der Waals surface area contributed by atoms with Crippen molar-refractivity contribution in [2.45, 2.75) is 20.4 Å². The second-order valence-corrected chi connectivity index (χ2v) is 6.01. The van der Waals surface area contributed by atoms with Crippen molar-refractivity contribution in [1.82, 2.24) is 19.2 Å². The van der Waals surface area contributed by atoms with Crippen molar-refractivity contribution in [3.8, 4) is 0 Å². The zero-order chi connectivity index (χ0) is 16.7. The Hall–Kier alpha value is -2.55. The minimum Gasteiger partial charge on any atom is -0.269 e. The van der Waals surface area contributed by atoms with E-state index in [1.807, 2.05) is 0 Å². The van der Waals surface area contributed by atoms with E-state index in [1.54, 1.807) is 32.2 Å². The van der Waals surface area contributed by atoms with Crippen LogP contribution in [-0.2, 0) is 6.54 Å². The minimum atomic E-state index is -0.450. The maximum absolute atomic E-state index is 12.2. The van der Waals surface area contributed by atoms with Crippen LogP contribution >= 0.6 is 15.9 Å². The van der Waals surface area contributed by atoms with Crippen LogP contribution < -0.4 is 5.56 Å². The molecule has 0 saturated heterocycles. The van der Waals surface area contributed by atoms with E-state index in [4.69, 9.17) is 0 Å². The molecule has 0 aliphatic carbocycles. The smallest absolute Gasteiger partial charge is 0.269 e. The van der Waals surface area contributed by atoms with Gasteiger partial charge in [-0.05, 0) is 41.9 Å². The summed E-state index contributed by atoms with van der Waals surface area (Å²) < 4.78 is 3.69. The third kappa shape index (κ3) is 2.74. The zero-order valence-corrected chi connectivity index (χ0v) is 13.9. The van der Waals surface area contributed by atoms with Crippen LogP contribution in [0.3, 0.4) is 0 Å². The molecule has 0 radical (unpaired) electrons. The van der Waals surface area contributed by atoms with E-state index < -0.39 is 4.92 Å². The first kappa shape index (κ1) is 15.3. The Labute approximate surface area is 138 Å². The summed E-state index contributed by atoms with van der Waals surface area (Å²) in [6.07, 6.45) is 1.64. The fourth-order valence-corrected chi connectivity index (χ4v) is 2.80. The predicted octanol–water partition coefficient (Wildman–Crippen LogP) is 2.23. The lowest BCUT2D eigenvalue weighted by molar-refractivity contribution is -0.386. The molecule has 3 aromatic rings. The van der Waals surface area contributed by atoms with Gasteiger partial charge in [-0.3, -0.25) is 24.0 Å². The molecule has 23 heavy (non-hydrogen) atoms. The molecule has 0 aromatic carbocycles. The number of hydrogen-bond donors (Lipinski definition) is 0. The third-order valence-electron chi connectivity index (χ3n) is 3.51. The van der Waals surface area contributed by atoms with Gasteiger partial charge in [0.2, 0.25) is 0 Å². The molecule has 3 rings (SSSR count).